The average molecular weight is 202 g/mol. The van der Waals surface area contributed by atoms with Gasteiger partial charge in [-0.05, 0) is 18.2 Å². The molecule has 0 saturated heterocycles. The van der Waals surface area contributed by atoms with Gasteiger partial charge in [0.2, 0.25) is 0 Å². The Morgan fingerprint density at radius 2 is 2.31 bits per heavy atom. The van der Waals surface area contributed by atoms with E-state index in [0.29, 0.717) is 17.1 Å². The maximum Gasteiger partial charge on any atom is 0.125 e. The standard InChI is InChI=1S/C8H11FN2OS/c1-2-13(12)11-8-5-6(9)3-4-7(8)10/h3-5,11H,2,10H2,1H3. The van der Waals surface area contributed by atoms with Gasteiger partial charge in [-0.15, -0.1) is 0 Å². The van der Waals surface area contributed by atoms with E-state index in [0.717, 1.165) is 0 Å². The van der Waals surface area contributed by atoms with Gasteiger partial charge in [-0.2, -0.15) is 0 Å². The lowest BCUT2D eigenvalue weighted by atomic mass is 10.3. The van der Waals surface area contributed by atoms with Crippen molar-refractivity contribution in [2.24, 2.45) is 0 Å². The van der Waals surface area contributed by atoms with E-state index in [2.05, 4.69) is 4.72 Å². The monoisotopic (exact) mass is 202 g/mol. The van der Waals surface area contributed by atoms with Crippen LogP contribution in [0, 0.1) is 5.82 Å². The summed E-state index contributed by atoms with van der Waals surface area (Å²) in [6.07, 6.45) is 0. The van der Waals surface area contributed by atoms with Gasteiger partial charge in [0.15, 0.2) is 0 Å². The molecule has 1 aromatic carbocycles. The molecule has 1 unspecified atom stereocenters. The molecule has 1 rings (SSSR count). The maximum absolute atomic E-state index is 12.7. The smallest absolute Gasteiger partial charge is 0.125 e. The minimum absolute atomic E-state index is 0.375. The molecule has 3 nitrogen and oxygen atoms in total. The zero-order chi connectivity index (χ0) is 9.84. The Kier molecular flexibility index (Phi) is 3.25. The Labute approximate surface area is 78.7 Å². The fourth-order valence-corrected chi connectivity index (χ4v) is 1.38. The number of nitrogen functional groups attached to an aromatic ring is 1. The Bertz CT molecular complexity index is 330. The van der Waals surface area contributed by atoms with E-state index in [1.165, 1.54) is 18.2 Å². The molecule has 5 heteroatoms. The SMILES string of the molecule is CCS(=O)Nc1cc(F)ccc1N. The predicted octanol–water partition coefficient (Wildman–Crippen LogP) is 1.50. The Balaban J connectivity index is 2.87. The first kappa shape index (κ1) is 9.98. The number of nitrogens with one attached hydrogen (secondary N) is 1. The molecular weight excluding hydrogens is 191 g/mol. The number of hydrogen-bond acceptors (Lipinski definition) is 2. The highest BCUT2D eigenvalue weighted by atomic mass is 32.2. The summed E-state index contributed by atoms with van der Waals surface area (Å²) in [4.78, 5) is 0. The van der Waals surface area contributed by atoms with Gasteiger partial charge in [0.25, 0.3) is 0 Å². The summed E-state index contributed by atoms with van der Waals surface area (Å²) in [5.74, 6) is 0.0560. The molecule has 0 heterocycles. The zero-order valence-electron chi connectivity index (χ0n) is 7.21. The molecule has 1 aromatic rings. The fraction of sp³-hybridized carbons (Fsp3) is 0.250. The molecular formula is C8H11FN2OS. The highest BCUT2D eigenvalue weighted by Gasteiger charge is 2.02. The maximum atomic E-state index is 12.7. The van der Waals surface area contributed by atoms with Crippen molar-refractivity contribution in [2.75, 3.05) is 16.2 Å². The second-order valence-corrected chi connectivity index (χ2v) is 3.94. The van der Waals surface area contributed by atoms with Crippen molar-refractivity contribution in [3.05, 3.63) is 24.0 Å². The molecule has 0 aliphatic carbocycles. The summed E-state index contributed by atoms with van der Waals surface area (Å²) >= 11 is 0. The molecule has 0 fully saturated rings. The molecule has 72 valence electrons. The van der Waals surface area contributed by atoms with Crippen LogP contribution < -0.4 is 10.5 Å². The Hall–Kier alpha value is -1.10. The lowest BCUT2D eigenvalue weighted by molar-refractivity contribution is 0.628. The first-order valence-electron chi connectivity index (χ1n) is 3.83. The van der Waals surface area contributed by atoms with Crippen LogP contribution in [0.1, 0.15) is 6.92 Å². The van der Waals surface area contributed by atoms with Crippen LogP contribution >= 0.6 is 0 Å². The van der Waals surface area contributed by atoms with E-state index in [9.17, 15) is 8.60 Å². The quantitative estimate of drug-likeness (QED) is 0.730. The lowest BCUT2D eigenvalue weighted by Crippen LogP contribution is -2.08. The molecule has 3 N–H and O–H groups in total. The van der Waals surface area contributed by atoms with Gasteiger partial charge < -0.3 is 10.5 Å². The highest BCUT2D eigenvalue weighted by molar-refractivity contribution is 7.86. The van der Waals surface area contributed by atoms with Crippen LogP contribution in [0.2, 0.25) is 0 Å². The molecule has 0 aliphatic heterocycles. The number of halogens is 1. The molecule has 1 atom stereocenters. The van der Waals surface area contributed by atoms with Gasteiger partial charge in [-0.25, -0.2) is 8.60 Å². The second kappa shape index (κ2) is 4.23. The van der Waals surface area contributed by atoms with E-state index in [1.807, 2.05) is 0 Å². The highest BCUT2D eigenvalue weighted by Crippen LogP contribution is 2.19. The summed E-state index contributed by atoms with van der Waals surface area (Å²) in [7, 11) is -1.19. The molecule has 0 aliphatic rings. The number of hydrogen-bond donors (Lipinski definition) is 2. The first-order valence-corrected chi connectivity index (χ1v) is 5.15. The molecule has 0 saturated carbocycles. The molecule has 0 radical (unpaired) electrons. The fourth-order valence-electron chi connectivity index (χ4n) is 0.812. The summed E-state index contributed by atoms with van der Waals surface area (Å²) in [5, 5.41) is 0. The Morgan fingerprint density at radius 1 is 1.62 bits per heavy atom. The van der Waals surface area contributed by atoms with Crippen molar-refractivity contribution in [2.45, 2.75) is 6.92 Å². The van der Waals surface area contributed by atoms with Gasteiger partial charge in [-0.3, -0.25) is 0 Å². The molecule has 13 heavy (non-hydrogen) atoms. The number of anilines is 2. The lowest BCUT2D eigenvalue weighted by Gasteiger charge is -2.06. The van der Waals surface area contributed by atoms with Crippen molar-refractivity contribution >= 4 is 22.4 Å². The first-order chi connectivity index (χ1) is 6.13. The van der Waals surface area contributed by atoms with Gasteiger partial charge in [-0.1, -0.05) is 6.92 Å². The van der Waals surface area contributed by atoms with Crippen LogP contribution in [0.3, 0.4) is 0 Å². The Morgan fingerprint density at radius 3 is 2.92 bits per heavy atom. The van der Waals surface area contributed by atoms with Crippen LogP contribution in [0.5, 0.6) is 0 Å². The molecule has 0 amide bonds. The molecule has 0 bridgehead atoms. The van der Waals surface area contributed by atoms with E-state index in [4.69, 9.17) is 5.73 Å². The normalized spacial score (nSPS) is 12.5. The summed E-state index contributed by atoms with van der Waals surface area (Å²) in [6.45, 7) is 1.76. The van der Waals surface area contributed by atoms with E-state index in [1.54, 1.807) is 6.92 Å². The summed E-state index contributed by atoms with van der Waals surface area (Å²) in [6, 6.07) is 3.92. The zero-order valence-corrected chi connectivity index (χ0v) is 8.03. The molecule has 0 spiro atoms. The second-order valence-electron chi connectivity index (χ2n) is 2.47. The van der Waals surface area contributed by atoms with Gasteiger partial charge in [0.1, 0.15) is 16.8 Å². The third kappa shape index (κ3) is 2.69. The van der Waals surface area contributed by atoms with E-state index >= 15 is 0 Å². The van der Waals surface area contributed by atoms with Crippen molar-refractivity contribution in [1.82, 2.24) is 0 Å². The summed E-state index contributed by atoms with van der Waals surface area (Å²) < 4.78 is 26.4. The van der Waals surface area contributed by atoms with Crippen LogP contribution in [0.4, 0.5) is 15.8 Å². The van der Waals surface area contributed by atoms with Gasteiger partial charge in [0.05, 0.1) is 11.4 Å². The topological polar surface area (TPSA) is 55.1 Å². The van der Waals surface area contributed by atoms with Crippen LogP contribution in [-0.2, 0) is 11.0 Å². The van der Waals surface area contributed by atoms with Crippen molar-refractivity contribution in [1.29, 1.82) is 0 Å². The van der Waals surface area contributed by atoms with Gasteiger partial charge in [0, 0.05) is 5.75 Å². The van der Waals surface area contributed by atoms with E-state index in [-0.39, 0.29) is 0 Å². The van der Waals surface area contributed by atoms with Crippen LogP contribution in [0.15, 0.2) is 18.2 Å². The van der Waals surface area contributed by atoms with Gasteiger partial charge >= 0.3 is 0 Å². The number of rotatable bonds is 3. The minimum Gasteiger partial charge on any atom is -0.397 e. The van der Waals surface area contributed by atoms with Crippen molar-refractivity contribution in [3.8, 4) is 0 Å². The summed E-state index contributed by atoms with van der Waals surface area (Å²) in [5.41, 5.74) is 6.30. The minimum atomic E-state index is -1.19. The van der Waals surface area contributed by atoms with E-state index < -0.39 is 16.8 Å². The average Bonchev–Trinajstić information content (AvgIpc) is 2.11. The third-order valence-electron chi connectivity index (χ3n) is 1.50. The van der Waals surface area contributed by atoms with Crippen LogP contribution in [0.25, 0.3) is 0 Å². The third-order valence-corrected chi connectivity index (χ3v) is 2.47. The van der Waals surface area contributed by atoms with Crippen LogP contribution in [-0.4, -0.2) is 9.96 Å². The largest absolute Gasteiger partial charge is 0.397 e. The van der Waals surface area contributed by atoms with Crippen molar-refractivity contribution in [3.63, 3.8) is 0 Å². The predicted molar refractivity (Wildman–Crippen MR) is 53.1 cm³/mol. The molecule has 0 aromatic heterocycles. The number of nitrogens with two attached hydrogens (primary N) is 1. The van der Waals surface area contributed by atoms with Crippen molar-refractivity contribution < 1.29 is 8.60 Å². The number of benzene rings is 1.